The van der Waals surface area contributed by atoms with Gasteiger partial charge in [-0.1, -0.05) is 17.2 Å². The van der Waals surface area contributed by atoms with Gasteiger partial charge >= 0.3 is 5.97 Å². The smallest absolute Gasteiger partial charge is 0.338 e. The van der Waals surface area contributed by atoms with Crippen LogP contribution in [-0.2, 0) is 9.53 Å². The maximum absolute atomic E-state index is 11.6. The molecule has 0 unspecified atom stereocenters. The van der Waals surface area contributed by atoms with Crippen molar-refractivity contribution >= 4 is 11.9 Å². The van der Waals surface area contributed by atoms with E-state index in [1.54, 1.807) is 12.1 Å². The van der Waals surface area contributed by atoms with Crippen molar-refractivity contribution in [3.63, 3.8) is 0 Å². The van der Waals surface area contributed by atoms with Crippen LogP contribution in [0.1, 0.15) is 28.4 Å². The van der Waals surface area contributed by atoms with Crippen molar-refractivity contribution in [2.75, 3.05) is 0 Å². The molecule has 0 radical (unpaired) electrons. The number of nitrogens with two attached hydrogens (primary N) is 1. The zero-order valence-electron chi connectivity index (χ0n) is 9.61. The molecule has 0 saturated carbocycles. The molecule has 1 amide bonds. The molecule has 2 N–H and O–H groups in total. The second-order valence-corrected chi connectivity index (χ2v) is 3.83. The average Bonchev–Trinajstić information content (AvgIpc) is 2.15. The van der Waals surface area contributed by atoms with Gasteiger partial charge in [0.1, 0.15) is 0 Å². The fourth-order valence-corrected chi connectivity index (χ4v) is 1.38. The maximum atomic E-state index is 11.6. The number of carbonyl (C=O) groups excluding carboxylic acids is 2. The minimum Gasteiger partial charge on any atom is -0.449 e. The number of carbonyl (C=O) groups is 2. The molecule has 86 valence electrons. The van der Waals surface area contributed by atoms with E-state index in [1.165, 1.54) is 6.92 Å². The molecule has 1 atom stereocenters. The van der Waals surface area contributed by atoms with Crippen molar-refractivity contribution < 1.29 is 14.3 Å². The quantitative estimate of drug-likeness (QED) is 0.783. The van der Waals surface area contributed by atoms with Crippen LogP contribution in [0.2, 0.25) is 0 Å². The first-order chi connectivity index (χ1) is 7.40. The number of esters is 1. The Hall–Kier alpha value is -1.84. The topological polar surface area (TPSA) is 69.4 Å². The highest BCUT2D eigenvalue weighted by Crippen LogP contribution is 2.10. The number of aryl methyl sites for hydroxylation is 2. The number of rotatable bonds is 3. The predicted molar refractivity (Wildman–Crippen MR) is 60.0 cm³/mol. The van der Waals surface area contributed by atoms with E-state index >= 15 is 0 Å². The van der Waals surface area contributed by atoms with Gasteiger partial charge in [-0.2, -0.15) is 0 Å². The van der Waals surface area contributed by atoms with Gasteiger partial charge in [0.15, 0.2) is 6.10 Å². The molecule has 1 aromatic rings. The molecule has 0 saturated heterocycles. The Balaban J connectivity index is 2.84. The van der Waals surface area contributed by atoms with E-state index in [0.29, 0.717) is 5.56 Å². The molecule has 16 heavy (non-hydrogen) atoms. The van der Waals surface area contributed by atoms with Gasteiger partial charge in [0, 0.05) is 0 Å². The number of primary amides is 1. The first-order valence-corrected chi connectivity index (χ1v) is 4.98. The van der Waals surface area contributed by atoms with Gasteiger partial charge in [0.25, 0.3) is 5.91 Å². The Bertz CT molecular complexity index is 406. The van der Waals surface area contributed by atoms with E-state index in [9.17, 15) is 9.59 Å². The Morgan fingerprint density at radius 3 is 2.12 bits per heavy atom. The van der Waals surface area contributed by atoms with Gasteiger partial charge in [-0.3, -0.25) is 4.79 Å². The van der Waals surface area contributed by atoms with E-state index in [4.69, 9.17) is 10.5 Å². The monoisotopic (exact) mass is 221 g/mol. The van der Waals surface area contributed by atoms with E-state index in [-0.39, 0.29) is 0 Å². The summed E-state index contributed by atoms with van der Waals surface area (Å²) in [5, 5.41) is 0. The van der Waals surface area contributed by atoms with Crippen LogP contribution in [0.25, 0.3) is 0 Å². The summed E-state index contributed by atoms with van der Waals surface area (Å²) in [6.45, 7) is 5.23. The lowest BCUT2D eigenvalue weighted by Gasteiger charge is -2.10. The number of amides is 1. The molecule has 0 bridgehead atoms. The molecular weight excluding hydrogens is 206 g/mol. The number of hydrogen-bond acceptors (Lipinski definition) is 3. The van der Waals surface area contributed by atoms with Gasteiger partial charge in [-0.15, -0.1) is 0 Å². The second-order valence-electron chi connectivity index (χ2n) is 3.83. The van der Waals surface area contributed by atoms with E-state index in [2.05, 4.69) is 0 Å². The number of ether oxygens (including phenoxy) is 1. The molecular formula is C12H15NO3. The zero-order valence-corrected chi connectivity index (χ0v) is 9.61. The molecule has 1 aromatic carbocycles. The molecule has 0 aliphatic heterocycles. The molecule has 4 nitrogen and oxygen atoms in total. The van der Waals surface area contributed by atoms with Crippen LogP contribution in [0.3, 0.4) is 0 Å². The van der Waals surface area contributed by atoms with Crippen LogP contribution < -0.4 is 5.73 Å². The minimum absolute atomic E-state index is 0.436. The Kier molecular flexibility index (Phi) is 3.66. The maximum Gasteiger partial charge on any atom is 0.338 e. The summed E-state index contributed by atoms with van der Waals surface area (Å²) < 4.78 is 4.89. The fourth-order valence-electron chi connectivity index (χ4n) is 1.38. The number of hydrogen-bond donors (Lipinski definition) is 1. The van der Waals surface area contributed by atoms with Crippen molar-refractivity contribution in [3.8, 4) is 0 Å². The van der Waals surface area contributed by atoms with Gasteiger partial charge in [0.2, 0.25) is 0 Å². The second kappa shape index (κ2) is 4.79. The third kappa shape index (κ3) is 3.08. The van der Waals surface area contributed by atoms with E-state index in [1.807, 2.05) is 19.9 Å². The van der Waals surface area contributed by atoms with Crippen molar-refractivity contribution in [1.82, 2.24) is 0 Å². The van der Waals surface area contributed by atoms with Gasteiger partial charge in [-0.05, 0) is 32.9 Å². The SMILES string of the molecule is Cc1cc(C)cc(C(=O)O[C@@H](C)C(N)=O)c1. The largest absolute Gasteiger partial charge is 0.449 e. The standard InChI is InChI=1S/C12H15NO3/c1-7-4-8(2)6-10(5-7)12(15)16-9(3)11(13)14/h4-6,9H,1-3H3,(H2,13,14)/t9-/m0/s1. The summed E-state index contributed by atoms with van der Waals surface area (Å²) in [5.41, 5.74) is 7.38. The Morgan fingerprint density at radius 2 is 1.69 bits per heavy atom. The molecule has 0 aromatic heterocycles. The van der Waals surface area contributed by atoms with Gasteiger partial charge in [-0.25, -0.2) is 4.79 Å². The van der Waals surface area contributed by atoms with Crippen molar-refractivity contribution in [3.05, 3.63) is 34.9 Å². The normalized spacial score (nSPS) is 11.9. The van der Waals surface area contributed by atoms with Crippen molar-refractivity contribution in [2.45, 2.75) is 26.9 Å². The highest BCUT2D eigenvalue weighted by Gasteiger charge is 2.16. The fraction of sp³-hybridized carbons (Fsp3) is 0.333. The van der Waals surface area contributed by atoms with Crippen LogP contribution in [0.4, 0.5) is 0 Å². The summed E-state index contributed by atoms with van der Waals surface area (Å²) in [7, 11) is 0. The summed E-state index contributed by atoms with van der Waals surface area (Å²) in [6.07, 6.45) is -0.909. The van der Waals surface area contributed by atoms with Crippen LogP contribution in [0.5, 0.6) is 0 Å². The van der Waals surface area contributed by atoms with Crippen molar-refractivity contribution in [1.29, 1.82) is 0 Å². The van der Waals surface area contributed by atoms with Gasteiger partial charge < -0.3 is 10.5 Å². The molecule has 0 fully saturated rings. The first-order valence-electron chi connectivity index (χ1n) is 4.98. The summed E-state index contributed by atoms with van der Waals surface area (Å²) in [6, 6.07) is 5.38. The highest BCUT2D eigenvalue weighted by molar-refractivity contribution is 5.92. The number of benzene rings is 1. The molecule has 0 aliphatic rings. The predicted octanol–water partition coefficient (Wildman–Crippen LogP) is 1.33. The minimum atomic E-state index is -0.909. The van der Waals surface area contributed by atoms with Crippen LogP contribution in [-0.4, -0.2) is 18.0 Å². The molecule has 0 aliphatic carbocycles. The Morgan fingerprint density at radius 1 is 1.19 bits per heavy atom. The zero-order chi connectivity index (χ0) is 12.3. The highest BCUT2D eigenvalue weighted by atomic mass is 16.5. The van der Waals surface area contributed by atoms with E-state index in [0.717, 1.165) is 11.1 Å². The molecule has 1 rings (SSSR count). The molecule has 0 spiro atoms. The summed E-state index contributed by atoms with van der Waals surface area (Å²) >= 11 is 0. The van der Waals surface area contributed by atoms with E-state index < -0.39 is 18.0 Å². The van der Waals surface area contributed by atoms with Crippen molar-refractivity contribution in [2.24, 2.45) is 5.73 Å². The van der Waals surface area contributed by atoms with Crippen LogP contribution >= 0.6 is 0 Å². The van der Waals surface area contributed by atoms with Crippen LogP contribution in [0.15, 0.2) is 18.2 Å². The molecule has 0 heterocycles. The summed E-state index contributed by atoms with van der Waals surface area (Å²) in [4.78, 5) is 22.4. The first kappa shape index (κ1) is 12.2. The third-order valence-electron chi connectivity index (χ3n) is 2.14. The third-order valence-corrected chi connectivity index (χ3v) is 2.14. The lowest BCUT2D eigenvalue weighted by Crippen LogP contribution is -2.30. The van der Waals surface area contributed by atoms with Crippen LogP contribution in [0, 0.1) is 13.8 Å². The summed E-state index contributed by atoms with van der Waals surface area (Å²) in [5.74, 6) is -1.18. The van der Waals surface area contributed by atoms with Gasteiger partial charge in [0.05, 0.1) is 5.56 Å². The average molecular weight is 221 g/mol. The molecule has 4 heteroatoms. The lowest BCUT2D eigenvalue weighted by atomic mass is 10.1. The lowest BCUT2D eigenvalue weighted by molar-refractivity contribution is -0.125. The Labute approximate surface area is 94.4 Å².